The van der Waals surface area contributed by atoms with Gasteiger partial charge in [-0.05, 0) is 12.1 Å². The fraction of sp³-hybridized carbons (Fsp3) is 0.278. The smallest absolute Gasteiger partial charge is 0.261 e. The highest BCUT2D eigenvalue weighted by Crippen LogP contribution is 2.15. The normalized spacial score (nSPS) is 14.3. The molecule has 0 bridgehead atoms. The lowest BCUT2D eigenvalue weighted by molar-refractivity contribution is -0.116. The third-order valence-electron chi connectivity index (χ3n) is 4.30. The van der Waals surface area contributed by atoms with Gasteiger partial charge in [0.05, 0.1) is 30.4 Å². The average molecular weight is 366 g/mol. The molecule has 3 aromatic rings. The van der Waals surface area contributed by atoms with Gasteiger partial charge in [-0.2, -0.15) is 0 Å². The van der Waals surface area contributed by atoms with Crippen LogP contribution in [0.1, 0.15) is 0 Å². The predicted octanol–water partition coefficient (Wildman–Crippen LogP) is 0.662. The van der Waals surface area contributed by atoms with Crippen LogP contribution < -0.4 is 15.8 Å². The molecule has 1 N–H and O–H groups in total. The van der Waals surface area contributed by atoms with Gasteiger partial charge in [-0.3, -0.25) is 14.2 Å². The number of para-hydroxylation sites is 1. The number of aromatic nitrogens is 4. The zero-order valence-electron chi connectivity index (χ0n) is 14.5. The van der Waals surface area contributed by atoms with E-state index in [1.165, 1.54) is 17.2 Å². The van der Waals surface area contributed by atoms with Gasteiger partial charge >= 0.3 is 0 Å². The number of nitrogens with zero attached hydrogens (tertiary/aromatic N) is 5. The molecule has 1 aliphatic rings. The van der Waals surface area contributed by atoms with Crippen LogP contribution in [0, 0.1) is 0 Å². The first-order valence-corrected chi connectivity index (χ1v) is 8.59. The van der Waals surface area contributed by atoms with Crippen molar-refractivity contribution in [2.45, 2.75) is 6.54 Å². The molecule has 9 nitrogen and oxygen atoms in total. The van der Waals surface area contributed by atoms with E-state index >= 15 is 0 Å². The molecule has 1 aliphatic heterocycles. The maximum Gasteiger partial charge on any atom is 0.261 e. The lowest BCUT2D eigenvalue weighted by atomic mass is 10.2. The molecule has 9 heteroatoms. The SMILES string of the molecule is O=C(Cn1cnc2ccccc2c1=O)Nc1cc(N2CCOCC2)ncn1. The van der Waals surface area contributed by atoms with E-state index in [4.69, 9.17) is 4.74 Å². The second kappa shape index (κ2) is 7.50. The molecule has 0 radical (unpaired) electrons. The highest BCUT2D eigenvalue weighted by Gasteiger charge is 2.14. The molecule has 0 spiro atoms. The van der Waals surface area contributed by atoms with E-state index in [-0.39, 0.29) is 18.0 Å². The molecule has 3 heterocycles. The zero-order valence-corrected chi connectivity index (χ0v) is 14.5. The summed E-state index contributed by atoms with van der Waals surface area (Å²) in [6.45, 7) is 2.62. The summed E-state index contributed by atoms with van der Waals surface area (Å²) in [5.41, 5.74) is 0.345. The first kappa shape index (κ1) is 17.1. The molecular formula is C18H18N6O3. The van der Waals surface area contributed by atoms with E-state index in [1.807, 2.05) is 6.07 Å². The maximum absolute atomic E-state index is 12.5. The predicted molar refractivity (Wildman–Crippen MR) is 99.7 cm³/mol. The van der Waals surface area contributed by atoms with Crippen molar-refractivity contribution in [3.8, 4) is 0 Å². The number of hydrogen-bond donors (Lipinski definition) is 1. The van der Waals surface area contributed by atoms with Crippen molar-refractivity contribution in [2.75, 3.05) is 36.5 Å². The van der Waals surface area contributed by atoms with Gasteiger partial charge in [0.15, 0.2) is 0 Å². The van der Waals surface area contributed by atoms with Crippen LogP contribution in [-0.4, -0.2) is 51.7 Å². The molecule has 0 saturated carbocycles. The molecule has 4 rings (SSSR count). The van der Waals surface area contributed by atoms with E-state index < -0.39 is 0 Å². The van der Waals surface area contributed by atoms with Crippen LogP contribution in [0.2, 0.25) is 0 Å². The van der Waals surface area contributed by atoms with Crippen LogP contribution in [-0.2, 0) is 16.1 Å². The minimum atomic E-state index is -0.360. The number of carbonyl (C=O) groups is 1. The Morgan fingerprint density at radius 1 is 1.15 bits per heavy atom. The van der Waals surface area contributed by atoms with Crippen molar-refractivity contribution in [2.24, 2.45) is 0 Å². The van der Waals surface area contributed by atoms with E-state index in [2.05, 4.69) is 25.2 Å². The Labute approximate surface area is 154 Å². The number of anilines is 2. The van der Waals surface area contributed by atoms with Gasteiger partial charge in [0, 0.05) is 19.2 Å². The Morgan fingerprint density at radius 3 is 2.81 bits per heavy atom. The van der Waals surface area contributed by atoms with Crippen molar-refractivity contribution in [1.82, 2.24) is 19.5 Å². The van der Waals surface area contributed by atoms with Gasteiger partial charge in [0.25, 0.3) is 5.56 Å². The van der Waals surface area contributed by atoms with Crippen LogP contribution in [0.4, 0.5) is 11.6 Å². The lowest BCUT2D eigenvalue weighted by Crippen LogP contribution is -2.36. The van der Waals surface area contributed by atoms with E-state index in [0.29, 0.717) is 29.9 Å². The minimum Gasteiger partial charge on any atom is -0.378 e. The summed E-state index contributed by atoms with van der Waals surface area (Å²) >= 11 is 0. The molecule has 1 saturated heterocycles. The number of nitrogens with one attached hydrogen (secondary N) is 1. The molecule has 138 valence electrons. The van der Waals surface area contributed by atoms with Crippen LogP contribution in [0.5, 0.6) is 0 Å². The molecule has 1 amide bonds. The summed E-state index contributed by atoms with van der Waals surface area (Å²) in [7, 11) is 0. The van der Waals surface area contributed by atoms with Crippen LogP contribution in [0.15, 0.2) is 47.8 Å². The highest BCUT2D eigenvalue weighted by atomic mass is 16.5. The Balaban J connectivity index is 1.48. The average Bonchev–Trinajstić information content (AvgIpc) is 2.71. The van der Waals surface area contributed by atoms with Crippen molar-refractivity contribution in [3.63, 3.8) is 0 Å². The standard InChI is InChI=1S/C18H18N6O3/c25-17(10-24-12-21-14-4-2-1-3-13(14)18(24)26)22-15-9-16(20-11-19-15)23-5-7-27-8-6-23/h1-4,9,11-12H,5-8,10H2,(H,19,20,22,25). The molecule has 1 fully saturated rings. The minimum absolute atomic E-state index is 0.145. The summed E-state index contributed by atoms with van der Waals surface area (Å²) < 4.78 is 6.61. The van der Waals surface area contributed by atoms with Crippen molar-refractivity contribution in [1.29, 1.82) is 0 Å². The van der Waals surface area contributed by atoms with Gasteiger partial charge in [-0.1, -0.05) is 12.1 Å². The Hall–Kier alpha value is -3.33. The number of fused-ring (bicyclic) bond motifs is 1. The summed E-state index contributed by atoms with van der Waals surface area (Å²) in [6.07, 6.45) is 2.79. The summed E-state index contributed by atoms with van der Waals surface area (Å²) in [6, 6.07) is 8.74. The van der Waals surface area contributed by atoms with Crippen molar-refractivity contribution < 1.29 is 9.53 Å². The van der Waals surface area contributed by atoms with Crippen molar-refractivity contribution in [3.05, 3.63) is 53.3 Å². The number of benzene rings is 1. The monoisotopic (exact) mass is 366 g/mol. The second-order valence-corrected chi connectivity index (χ2v) is 6.10. The maximum atomic E-state index is 12.5. The first-order chi connectivity index (χ1) is 13.2. The second-order valence-electron chi connectivity index (χ2n) is 6.10. The van der Waals surface area contributed by atoms with Gasteiger partial charge < -0.3 is 15.0 Å². The first-order valence-electron chi connectivity index (χ1n) is 8.59. The van der Waals surface area contributed by atoms with Crippen LogP contribution >= 0.6 is 0 Å². The Morgan fingerprint density at radius 2 is 1.96 bits per heavy atom. The fourth-order valence-electron chi connectivity index (χ4n) is 2.94. The molecule has 1 aromatic carbocycles. The van der Waals surface area contributed by atoms with Gasteiger partial charge in [-0.15, -0.1) is 0 Å². The molecule has 0 aliphatic carbocycles. The molecular weight excluding hydrogens is 348 g/mol. The van der Waals surface area contributed by atoms with E-state index in [0.717, 1.165) is 18.9 Å². The Kier molecular flexibility index (Phi) is 4.75. The number of hydrogen-bond acceptors (Lipinski definition) is 7. The lowest BCUT2D eigenvalue weighted by Gasteiger charge is -2.27. The zero-order chi connectivity index (χ0) is 18.6. The largest absolute Gasteiger partial charge is 0.378 e. The third kappa shape index (κ3) is 3.77. The molecule has 27 heavy (non-hydrogen) atoms. The number of carbonyl (C=O) groups excluding carboxylic acids is 1. The number of ether oxygens (including phenoxy) is 1. The molecule has 0 unspecified atom stereocenters. The summed E-state index contributed by atoms with van der Waals surface area (Å²) in [5, 5.41) is 3.19. The quantitative estimate of drug-likeness (QED) is 0.724. The van der Waals surface area contributed by atoms with Gasteiger partial charge in [0.1, 0.15) is 24.5 Å². The number of amides is 1. The molecule has 2 aromatic heterocycles. The fourth-order valence-corrected chi connectivity index (χ4v) is 2.94. The number of morpholine rings is 1. The van der Waals surface area contributed by atoms with Crippen molar-refractivity contribution >= 4 is 28.4 Å². The van der Waals surface area contributed by atoms with Gasteiger partial charge in [-0.25, -0.2) is 15.0 Å². The van der Waals surface area contributed by atoms with E-state index in [9.17, 15) is 9.59 Å². The van der Waals surface area contributed by atoms with Gasteiger partial charge in [0.2, 0.25) is 5.91 Å². The Bertz CT molecular complexity index is 1030. The van der Waals surface area contributed by atoms with Crippen LogP contribution in [0.3, 0.4) is 0 Å². The summed E-state index contributed by atoms with van der Waals surface area (Å²) in [5.74, 6) is 0.757. The summed E-state index contributed by atoms with van der Waals surface area (Å²) in [4.78, 5) is 39.5. The van der Waals surface area contributed by atoms with E-state index in [1.54, 1.807) is 24.3 Å². The molecule has 0 atom stereocenters. The van der Waals surface area contributed by atoms with Crippen LogP contribution in [0.25, 0.3) is 10.9 Å². The highest BCUT2D eigenvalue weighted by molar-refractivity contribution is 5.90. The topological polar surface area (TPSA) is 102 Å². The third-order valence-corrected chi connectivity index (χ3v) is 4.30. The number of rotatable bonds is 4.